The Balaban J connectivity index is 2.61. The fraction of sp³-hybridized carbons (Fsp3) is 0.100. The van der Waals surface area contributed by atoms with E-state index in [0.717, 1.165) is 0 Å². The van der Waals surface area contributed by atoms with Crippen LogP contribution in [0.15, 0.2) is 24.5 Å². The first-order chi connectivity index (χ1) is 6.70. The predicted molar refractivity (Wildman–Crippen MR) is 48.7 cm³/mol. The van der Waals surface area contributed by atoms with E-state index in [9.17, 15) is 8.78 Å². The highest BCUT2D eigenvalue weighted by molar-refractivity contribution is 5.62. The molecule has 0 radical (unpaired) electrons. The summed E-state index contributed by atoms with van der Waals surface area (Å²) in [5.74, 6) is -1.63. The van der Waals surface area contributed by atoms with Gasteiger partial charge in [0.25, 0.3) is 0 Å². The Labute approximate surface area is 79.6 Å². The molecule has 1 N–H and O–H groups in total. The van der Waals surface area contributed by atoms with Crippen molar-refractivity contribution >= 4 is 0 Å². The van der Waals surface area contributed by atoms with Crippen LogP contribution in [-0.4, -0.2) is 10.2 Å². The Morgan fingerprint density at radius 1 is 1.21 bits per heavy atom. The molecule has 0 spiro atoms. The van der Waals surface area contributed by atoms with Gasteiger partial charge in [0.05, 0.1) is 6.20 Å². The summed E-state index contributed by atoms with van der Waals surface area (Å²) in [5.41, 5.74) is 1.07. The second-order valence-electron chi connectivity index (χ2n) is 3.04. The minimum Gasteiger partial charge on any atom is -0.285 e. The molecule has 1 aromatic carbocycles. The van der Waals surface area contributed by atoms with Crippen LogP contribution in [-0.2, 0) is 0 Å². The molecule has 14 heavy (non-hydrogen) atoms. The lowest BCUT2D eigenvalue weighted by Crippen LogP contribution is -1.91. The molecule has 0 aliphatic heterocycles. The number of aryl methyl sites for hydroxylation is 1. The number of aromatic amines is 1. The van der Waals surface area contributed by atoms with Crippen molar-refractivity contribution in [3.8, 4) is 11.1 Å². The molecular formula is C10H8F2N2. The first-order valence-corrected chi connectivity index (χ1v) is 4.14. The van der Waals surface area contributed by atoms with Gasteiger partial charge >= 0.3 is 0 Å². The van der Waals surface area contributed by atoms with E-state index in [1.807, 2.05) is 0 Å². The van der Waals surface area contributed by atoms with Gasteiger partial charge in [-0.05, 0) is 12.5 Å². The Bertz CT molecular complexity index is 449. The summed E-state index contributed by atoms with van der Waals surface area (Å²) < 4.78 is 26.6. The van der Waals surface area contributed by atoms with Crippen LogP contribution in [0.4, 0.5) is 8.78 Å². The van der Waals surface area contributed by atoms with Gasteiger partial charge in [0.1, 0.15) is 0 Å². The van der Waals surface area contributed by atoms with Gasteiger partial charge in [-0.15, -0.1) is 0 Å². The standard InChI is InChI=1S/C10H8F2N2/c1-6-2-3-8(10(12)9(6)11)7-4-13-14-5-7/h2-5H,1H3,(H,13,14). The van der Waals surface area contributed by atoms with E-state index >= 15 is 0 Å². The molecule has 0 aliphatic carbocycles. The van der Waals surface area contributed by atoms with Crippen molar-refractivity contribution in [3.05, 3.63) is 41.7 Å². The molecule has 72 valence electrons. The summed E-state index contributed by atoms with van der Waals surface area (Å²) in [6.07, 6.45) is 2.97. The molecule has 0 bridgehead atoms. The van der Waals surface area contributed by atoms with Gasteiger partial charge in [-0.3, -0.25) is 5.10 Å². The number of nitrogens with zero attached hydrogens (tertiary/aromatic N) is 1. The fourth-order valence-corrected chi connectivity index (χ4v) is 1.27. The van der Waals surface area contributed by atoms with Crippen LogP contribution >= 0.6 is 0 Å². The molecule has 2 rings (SSSR count). The molecule has 0 aliphatic rings. The summed E-state index contributed by atoms with van der Waals surface area (Å²) in [6, 6.07) is 3.08. The molecule has 0 fully saturated rings. The van der Waals surface area contributed by atoms with Crippen molar-refractivity contribution in [3.63, 3.8) is 0 Å². The summed E-state index contributed by atoms with van der Waals surface area (Å²) in [5, 5.41) is 6.23. The minimum absolute atomic E-state index is 0.224. The number of halogens is 2. The number of benzene rings is 1. The number of rotatable bonds is 1. The number of aromatic nitrogens is 2. The van der Waals surface area contributed by atoms with E-state index < -0.39 is 11.6 Å². The summed E-state index contributed by atoms with van der Waals surface area (Å²) in [7, 11) is 0. The zero-order valence-electron chi connectivity index (χ0n) is 7.51. The quantitative estimate of drug-likeness (QED) is 0.742. The maximum Gasteiger partial charge on any atom is 0.167 e. The van der Waals surface area contributed by atoms with E-state index in [1.54, 1.807) is 12.1 Å². The third kappa shape index (κ3) is 1.28. The third-order valence-electron chi connectivity index (χ3n) is 2.08. The lowest BCUT2D eigenvalue weighted by Gasteiger charge is -2.02. The Morgan fingerprint density at radius 3 is 2.64 bits per heavy atom. The van der Waals surface area contributed by atoms with Gasteiger partial charge in [-0.2, -0.15) is 5.10 Å². The minimum atomic E-state index is -0.827. The van der Waals surface area contributed by atoms with Crippen molar-refractivity contribution in [1.29, 1.82) is 0 Å². The highest BCUT2D eigenvalue weighted by Gasteiger charge is 2.12. The first kappa shape index (κ1) is 8.87. The molecule has 2 nitrogen and oxygen atoms in total. The SMILES string of the molecule is Cc1ccc(-c2cn[nH]c2)c(F)c1F. The van der Waals surface area contributed by atoms with E-state index in [0.29, 0.717) is 11.1 Å². The van der Waals surface area contributed by atoms with Gasteiger partial charge in [0.15, 0.2) is 11.6 Å². The maximum absolute atomic E-state index is 13.4. The van der Waals surface area contributed by atoms with E-state index in [2.05, 4.69) is 10.2 Å². The van der Waals surface area contributed by atoms with Crippen LogP contribution in [0.2, 0.25) is 0 Å². The summed E-state index contributed by atoms with van der Waals surface area (Å²) >= 11 is 0. The van der Waals surface area contributed by atoms with E-state index in [1.165, 1.54) is 19.3 Å². The second-order valence-corrected chi connectivity index (χ2v) is 3.04. The average Bonchev–Trinajstić information content (AvgIpc) is 2.67. The van der Waals surface area contributed by atoms with Crippen LogP contribution in [0.1, 0.15) is 5.56 Å². The van der Waals surface area contributed by atoms with Crippen molar-refractivity contribution in [2.45, 2.75) is 6.92 Å². The lowest BCUT2D eigenvalue weighted by atomic mass is 10.1. The highest BCUT2D eigenvalue weighted by Crippen LogP contribution is 2.24. The molecule has 1 aromatic heterocycles. The number of nitrogens with one attached hydrogen (secondary N) is 1. The Morgan fingerprint density at radius 2 is 2.00 bits per heavy atom. The zero-order valence-corrected chi connectivity index (χ0v) is 7.51. The zero-order chi connectivity index (χ0) is 10.1. The van der Waals surface area contributed by atoms with Crippen LogP contribution in [0.5, 0.6) is 0 Å². The molecule has 4 heteroatoms. The molecule has 0 atom stereocenters. The highest BCUT2D eigenvalue weighted by atomic mass is 19.2. The average molecular weight is 194 g/mol. The molecule has 0 amide bonds. The van der Waals surface area contributed by atoms with Crippen LogP contribution in [0.3, 0.4) is 0 Å². The van der Waals surface area contributed by atoms with Gasteiger partial charge in [0, 0.05) is 17.3 Å². The predicted octanol–water partition coefficient (Wildman–Crippen LogP) is 2.66. The molecule has 0 saturated heterocycles. The normalized spacial score (nSPS) is 10.5. The fourth-order valence-electron chi connectivity index (χ4n) is 1.27. The van der Waals surface area contributed by atoms with Gasteiger partial charge < -0.3 is 0 Å². The van der Waals surface area contributed by atoms with Crippen LogP contribution in [0, 0.1) is 18.6 Å². The van der Waals surface area contributed by atoms with Crippen molar-refractivity contribution in [2.24, 2.45) is 0 Å². The van der Waals surface area contributed by atoms with Gasteiger partial charge in [-0.1, -0.05) is 12.1 Å². The van der Waals surface area contributed by atoms with Crippen molar-refractivity contribution in [2.75, 3.05) is 0 Å². The monoisotopic (exact) mass is 194 g/mol. The number of hydrogen-bond acceptors (Lipinski definition) is 1. The maximum atomic E-state index is 13.4. The summed E-state index contributed by atoms with van der Waals surface area (Å²) in [6.45, 7) is 1.53. The largest absolute Gasteiger partial charge is 0.285 e. The van der Waals surface area contributed by atoms with E-state index in [-0.39, 0.29) is 5.56 Å². The molecule has 0 unspecified atom stereocenters. The molecule has 0 saturated carbocycles. The van der Waals surface area contributed by atoms with Crippen LogP contribution < -0.4 is 0 Å². The van der Waals surface area contributed by atoms with Crippen molar-refractivity contribution < 1.29 is 8.78 Å². The van der Waals surface area contributed by atoms with Gasteiger partial charge in [0.2, 0.25) is 0 Å². The Kier molecular flexibility index (Phi) is 2.04. The number of H-pyrrole nitrogens is 1. The Hall–Kier alpha value is -1.71. The summed E-state index contributed by atoms with van der Waals surface area (Å²) in [4.78, 5) is 0. The number of hydrogen-bond donors (Lipinski definition) is 1. The van der Waals surface area contributed by atoms with Crippen molar-refractivity contribution in [1.82, 2.24) is 10.2 Å². The lowest BCUT2D eigenvalue weighted by molar-refractivity contribution is 0.505. The topological polar surface area (TPSA) is 28.7 Å². The molecule has 2 aromatic rings. The van der Waals surface area contributed by atoms with E-state index in [4.69, 9.17) is 0 Å². The molecular weight excluding hydrogens is 186 g/mol. The van der Waals surface area contributed by atoms with Gasteiger partial charge in [-0.25, -0.2) is 8.78 Å². The first-order valence-electron chi connectivity index (χ1n) is 4.14. The smallest absolute Gasteiger partial charge is 0.167 e. The second kappa shape index (κ2) is 3.21. The van der Waals surface area contributed by atoms with Crippen LogP contribution in [0.25, 0.3) is 11.1 Å². The third-order valence-corrected chi connectivity index (χ3v) is 2.08. The molecule has 1 heterocycles.